The molecule has 39 heavy (non-hydrogen) atoms. The summed E-state index contributed by atoms with van der Waals surface area (Å²) in [5.41, 5.74) is 1.38. The summed E-state index contributed by atoms with van der Waals surface area (Å²) in [6.07, 6.45) is 6.14. The number of hydrogen-bond donors (Lipinski definition) is 1. The van der Waals surface area contributed by atoms with E-state index < -0.39 is 16.1 Å². The Morgan fingerprint density at radius 3 is 2.26 bits per heavy atom. The molecule has 0 heterocycles. The van der Waals surface area contributed by atoms with Crippen LogP contribution in [0, 0.1) is 0 Å². The van der Waals surface area contributed by atoms with E-state index in [2.05, 4.69) is 5.32 Å². The Morgan fingerprint density at radius 1 is 1.05 bits per heavy atom. The summed E-state index contributed by atoms with van der Waals surface area (Å²) in [5, 5.41) is 3.73. The number of ether oxygens (including phenoxy) is 1. The van der Waals surface area contributed by atoms with E-state index in [9.17, 15) is 18.0 Å². The van der Waals surface area contributed by atoms with Crippen LogP contribution in [0.2, 0.25) is 5.02 Å². The SMILES string of the molecule is CCOc1ccc(N(CCCC(=O)N(Cc2ccc(Cl)cc2)C(CC)C(=O)NC2CCCC2)S(C)(=O)=O)cc1. The zero-order valence-corrected chi connectivity index (χ0v) is 24.6. The standard InChI is InChI=1S/C29H40ClN3O5S/c1-4-27(29(35)31-24-9-6-7-10-24)32(21-22-12-14-23(30)15-13-22)28(34)11-8-20-33(39(3,36)37)25-16-18-26(19-17-25)38-5-2/h12-19,24,27H,4-11,20-21H2,1-3H3,(H,31,35). The summed E-state index contributed by atoms with van der Waals surface area (Å²) in [7, 11) is -3.57. The summed E-state index contributed by atoms with van der Waals surface area (Å²) in [6.45, 7) is 4.70. The molecule has 0 aliphatic heterocycles. The Hall–Kier alpha value is -2.78. The van der Waals surface area contributed by atoms with Crippen molar-refractivity contribution in [1.82, 2.24) is 10.2 Å². The predicted octanol–water partition coefficient (Wildman–Crippen LogP) is 5.15. The molecule has 1 N–H and O–H groups in total. The number of nitrogens with zero attached hydrogens (tertiary/aromatic N) is 2. The molecule has 0 radical (unpaired) electrons. The van der Waals surface area contributed by atoms with Crippen molar-refractivity contribution in [2.45, 2.75) is 77.4 Å². The number of amides is 2. The van der Waals surface area contributed by atoms with Crippen molar-refractivity contribution in [2.24, 2.45) is 0 Å². The number of benzene rings is 2. The first kappa shape index (κ1) is 30.8. The number of carbonyl (C=O) groups excluding carboxylic acids is 2. The first-order valence-corrected chi connectivity index (χ1v) is 15.9. The minimum Gasteiger partial charge on any atom is -0.494 e. The van der Waals surface area contributed by atoms with Gasteiger partial charge in [-0.2, -0.15) is 0 Å². The highest BCUT2D eigenvalue weighted by atomic mass is 35.5. The number of anilines is 1. The lowest BCUT2D eigenvalue weighted by Crippen LogP contribution is -2.51. The lowest BCUT2D eigenvalue weighted by molar-refractivity contribution is -0.141. The van der Waals surface area contributed by atoms with Crippen LogP contribution in [0.1, 0.15) is 64.4 Å². The van der Waals surface area contributed by atoms with E-state index in [4.69, 9.17) is 16.3 Å². The molecule has 214 valence electrons. The number of carbonyl (C=O) groups is 2. The highest BCUT2D eigenvalue weighted by Gasteiger charge is 2.30. The van der Waals surface area contributed by atoms with Gasteiger partial charge >= 0.3 is 0 Å². The number of hydrogen-bond acceptors (Lipinski definition) is 5. The molecular formula is C29H40ClN3O5S. The molecule has 2 aromatic rings. The summed E-state index contributed by atoms with van der Waals surface area (Å²) in [5.74, 6) is 0.321. The van der Waals surface area contributed by atoms with Gasteiger partial charge in [-0.3, -0.25) is 13.9 Å². The maximum Gasteiger partial charge on any atom is 0.243 e. The molecule has 1 unspecified atom stereocenters. The predicted molar refractivity (Wildman–Crippen MR) is 156 cm³/mol. The minimum absolute atomic E-state index is 0.101. The van der Waals surface area contributed by atoms with Crippen LogP contribution in [0.5, 0.6) is 5.75 Å². The molecule has 1 saturated carbocycles. The van der Waals surface area contributed by atoms with Crippen LogP contribution in [0.3, 0.4) is 0 Å². The van der Waals surface area contributed by atoms with Crippen molar-refractivity contribution >= 4 is 39.1 Å². The van der Waals surface area contributed by atoms with Gasteiger partial charge in [-0.15, -0.1) is 0 Å². The van der Waals surface area contributed by atoms with Gasteiger partial charge in [-0.1, -0.05) is 43.5 Å². The molecule has 3 rings (SSSR count). The third-order valence-corrected chi connectivity index (χ3v) is 8.39. The molecule has 1 aliphatic carbocycles. The molecule has 0 aromatic heterocycles. The zero-order chi connectivity index (χ0) is 28.4. The maximum atomic E-state index is 13.6. The van der Waals surface area contributed by atoms with Gasteiger partial charge in [-0.25, -0.2) is 8.42 Å². The molecule has 0 bridgehead atoms. The molecule has 2 aromatic carbocycles. The summed E-state index contributed by atoms with van der Waals surface area (Å²) in [4.78, 5) is 28.5. The van der Waals surface area contributed by atoms with Crippen LogP contribution in [-0.4, -0.2) is 56.6 Å². The van der Waals surface area contributed by atoms with Gasteiger partial charge < -0.3 is 15.0 Å². The minimum atomic E-state index is -3.57. The van der Waals surface area contributed by atoms with Crippen molar-refractivity contribution in [1.29, 1.82) is 0 Å². The number of nitrogens with one attached hydrogen (secondary N) is 1. The van der Waals surface area contributed by atoms with Crippen LogP contribution in [0.25, 0.3) is 0 Å². The summed E-state index contributed by atoms with van der Waals surface area (Å²) >= 11 is 6.05. The van der Waals surface area contributed by atoms with Crippen LogP contribution in [-0.2, 0) is 26.2 Å². The molecule has 1 atom stereocenters. The van der Waals surface area contributed by atoms with Crippen LogP contribution >= 0.6 is 11.6 Å². The number of sulfonamides is 1. The van der Waals surface area contributed by atoms with Gasteiger partial charge in [0.25, 0.3) is 0 Å². The number of halogens is 1. The lowest BCUT2D eigenvalue weighted by Gasteiger charge is -2.32. The van der Waals surface area contributed by atoms with E-state index in [1.165, 1.54) is 4.31 Å². The van der Waals surface area contributed by atoms with Crippen molar-refractivity contribution in [3.8, 4) is 5.75 Å². The van der Waals surface area contributed by atoms with Crippen molar-refractivity contribution in [3.05, 3.63) is 59.1 Å². The average molecular weight is 578 g/mol. The molecule has 0 spiro atoms. The molecule has 0 saturated heterocycles. The highest BCUT2D eigenvalue weighted by molar-refractivity contribution is 7.92. The molecule has 1 aliphatic rings. The third kappa shape index (κ3) is 9.14. The smallest absolute Gasteiger partial charge is 0.243 e. The van der Waals surface area contributed by atoms with Crippen molar-refractivity contribution in [2.75, 3.05) is 23.7 Å². The lowest BCUT2D eigenvalue weighted by atomic mass is 10.1. The third-order valence-electron chi connectivity index (χ3n) is 6.94. The first-order chi connectivity index (χ1) is 18.6. The fraction of sp³-hybridized carbons (Fsp3) is 0.517. The van der Waals surface area contributed by atoms with E-state index in [1.807, 2.05) is 26.0 Å². The van der Waals surface area contributed by atoms with Crippen molar-refractivity contribution < 1.29 is 22.7 Å². The Bertz CT molecular complexity index is 1180. The van der Waals surface area contributed by atoms with Gasteiger partial charge in [-0.05, 0) is 74.6 Å². The van der Waals surface area contributed by atoms with Crippen LogP contribution in [0.4, 0.5) is 5.69 Å². The molecule has 2 amide bonds. The van der Waals surface area contributed by atoms with Crippen LogP contribution < -0.4 is 14.4 Å². The molecule has 1 fully saturated rings. The van der Waals surface area contributed by atoms with E-state index in [1.54, 1.807) is 41.3 Å². The van der Waals surface area contributed by atoms with E-state index in [0.29, 0.717) is 35.9 Å². The second kappa shape index (κ2) is 14.6. The van der Waals surface area contributed by atoms with E-state index in [0.717, 1.165) is 37.5 Å². The van der Waals surface area contributed by atoms with E-state index >= 15 is 0 Å². The number of rotatable bonds is 14. The second-order valence-corrected chi connectivity index (χ2v) is 12.3. The fourth-order valence-electron chi connectivity index (χ4n) is 4.95. The topological polar surface area (TPSA) is 96.0 Å². The molecule has 10 heteroatoms. The molecular weight excluding hydrogens is 538 g/mol. The Balaban J connectivity index is 1.73. The Labute approximate surface area is 237 Å². The average Bonchev–Trinajstić information content (AvgIpc) is 3.40. The van der Waals surface area contributed by atoms with Gasteiger partial charge in [0, 0.05) is 30.6 Å². The Kier molecular flexibility index (Phi) is 11.5. The van der Waals surface area contributed by atoms with Crippen molar-refractivity contribution in [3.63, 3.8) is 0 Å². The van der Waals surface area contributed by atoms with Gasteiger partial charge in [0.2, 0.25) is 21.8 Å². The largest absolute Gasteiger partial charge is 0.494 e. The maximum absolute atomic E-state index is 13.6. The van der Waals surface area contributed by atoms with Gasteiger partial charge in [0.15, 0.2) is 0 Å². The van der Waals surface area contributed by atoms with E-state index in [-0.39, 0.29) is 37.4 Å². The summed E-state index contributed by atoms with van der Waals surface area (Å²) < 4.78 is 31.9. The van der Waals surface area contributed by atoms with Gasteiger partial charge in [0.1, 0.15) is 11.8 Å². The second-order valence-electron chi connectivity index (χ2n) is 9.93. The summed E-state index contributed by atoms with van der Waals surface area (Å²) in [6, 6.07) is 13.6. The quantitative estimate of drug-likeness (QED) is 0.335. The first-order valence-electron chi connectivity index (χ1n) is 13.7. The fourth-order valence-corrected chi connectivity index (χ4v) is 6.04. The zero-order valence-electron chi connectivity index (χ0n) is 23.1. The van der Waals surface area contributed by atoms with Crippen LogP contribution in [0.15, 0.2) is 48.5 Å². The highest BCUT2D eigenvalue weighted by Crippen LogP contribution is 2.23. The molecule has 8 nitrogen and oxygen atoms in total. The monoisotopic (exact) mass is 577 g/mol. The Morgan fingerprint density at radius 2 is 1.69 bits per heavy atom. The van der Waals surface area contributed by atoms with Gasteiger partial charge in [0.05, 0.1) is 18.6 Å². The normalized spacial score (nSPS) is 14.6.